The number of amides is 1. The Morgan fingerprint density at radius 3 is 2.46 bits per heavy atom. The summed E-state index contributed by atoms with van der Waals surface area (Å²) in [7, 11) is 1.64. The first-order valence-corrected chi connectivity index (χ1v) is 12.5. The third-order valence-electron chi connectivity index (χ3n) is 5.76. The van der Waals surface area contributed by atoms with E-state index in [1.165, 1.54) is 11.8 Å². The summed E-state index contributed by atoms with van der Waals surface area (Å²) < 4.78 is 7.31. The van der Waals surface area contributed by atoms with Gasteiger partial charge < -0.3 is 10.1 Å². The van der Waals surface area contributed by atoms with Gasteiger partial charge in [-0.1, -0.05) is 67.6 Å². The van der Waals surface area contributed by atoms with E-state index < -0.39 is 0 Å². The number of ether oxygens (including phenoxy) is 1. The second kappa shape index (κ2) is 10.8. The van der Waals surface area contributed by atoms with Crippen molar-refractivity contribution in [2.24, 2.45) is 0 Å². The standard InChI is InChI=1S/C28H30N4O2S/c1-18(2)24-11-7-9-20(4)26(24)29-25(33)17-35-28-31-30-27(21-10-6-8-19(3)16-21)32(28)22-12-14-23(34-5)15-13-22/h6-16,18H,17H2,1-5H3,(H,29,33). The van der Waals surface area contributed by atoms with Crippen molar-refractivity contribution in [1.29, 1.82) is 0 Å². The van der Waals surface area contributed by atoms with Gasteiger partial charge in [0, 0.05) is 16.9 Å². The molecule has 0 unspecified atom stereocenters. The van der Waals surface area contributed by atoms with Gasteiger partial charge in [0.25, 0.3) is 0 Å². The molecule has 1 amide bonds. The van der Waals surface area contributed by atoms with Crippen LogP contribution in [0, 0.1) is 13.8 Å². The average Bonchev–Trinajstić information content (AvgIpc) is 3.28. The highest BCUT2D eigenvalue weighted by Gasteiger charge is 2.19. The number of aryl methyl sites for hydroxylation is 2. The van der Waals surface area contributed by atoms with Crippen molar-refractivity contribution in [3.8, 4) is 22.8 Å². The molecule has 0 fully saturated rings. The summed E-state index contributed by atoms with van der Waals surface area (Å²) in [6, 6.07) is 22.0. The molecule has 6 nitrogen and oxygen atoms in total. The Hall–Kier alpha value is -3.58. The molecule has 0 aliphatic heterocycles. The highest BCUT2D eigenvalue weighted by molar-refractivity contribution is 7.99. The fourth-order valence-electron chi connectivity index (χ4n) is 3.95. The molecule has 1 aromatic heterocycles. The maximum absolute atomic E-state index is 13.0. The molecular formula is C28H30N4O2S. The van der Waals surface area contributed by atoms with Crippen LogP contribution in [0.3, 0.4) is 0 Å². The number of methoxy groups -OCH3 is 1. The van der Waals surface area contributed by atoms with Crippen LogP contribution in [0.15, 0.2) is 71.9 Å². The van der Waals surface area contributed by atoms with E-state index in [0.29, 0.717) is 11.1 Å². The van der Waals surface area contributed by atoms with Gasteiger partial charge in [0.2, 0.25) is 5.91 Å². The normalized spacial score (nSPS) is 11.0. The lowest BCUT2D eigenvalue weighted by Crippen LogP contribution is -2.17. The van der Waals surface area contributed by atoms with Crippen molar-refractivity contribution < 1.29 is 9.53 Å². The van der Waals surface area contributed by atoms with E-state index in [4.69, 9.17) is 4.74 Å². The summed E-state index contributed by atoms with van der Waals surface area (Å²) in [5.74, 6) is 1.95. The van der Waals surface area contributed by atoms with Gasteiger partial charge in [0.15, 0.2) is 11.0 Å². The molecule has 7 heteroatoms. The number of hydrogen-bond donors (Lipinski definition) is 1. The van der Waals surface area contributed by atoms with Crippen molar-refractivity contribution in [3.63, 3.8) is 0 Å². The first-order chi connectivity index (χ1) is 16.9. The van der Waals surface area contributed by atoms with Gasteiger partial charge in [0.05, 0.1) is 12.9 Å². The van der Waals surface area contributed by atoms with Crippen molar-refractivity contribution in [3.05, 3.63) is 83.4 Å². The topological polar surface area (TPSA) is 69.0 Å². The monoisotopic (exact) mass is 486 g/mol. The first-order valence-electron chi connectivity index (χ1n) is 11.6. The molecule has 0 saturated carbocycles. The molecule has 0 bridgehead atoms. The van der Waals surface area contributed by atoms with Gasteiger partial charge in [-0.25, -0.2) is 0 Å². The van der Waals surface area contributed by atoms with E-state index in [9.17, 15) is 4.79 Å². The first kappa shape index (κ1) is 24.5. The van der Waals surface area contributed by atoms with Crippen LogP contribution in [0.2, 0.25) is 0 Å². The predicted octanol–water partition coefficient (Wildman–Crippen LogP) is 6.41. The zero-order valence-corrected chi connectivity index (χ0v) is 21.5. The number of anilines is 1. The van der Waals surface area contributed by atoms with Gasteiger partial charge in [-0.3, -0.25) is 9.36 Å². The zero-order chi connectivity index (χ0) is 24.9. The summed E-state index contributed by atoms with van der Waals surface area (Å²) in [5.41, 5.74) is 6.08. The SMILES string of the molecule is COc1ccc(-n2c(SCC(=O)Nc3c(C)cccc3C(C)C)nnc2-c2cccc(C)c2)cc1. The number of hydrogen-bond acceptors (Lipinski definition) is 5. The van der Waals surface area contributed by atoms with Crippen LogP contribution >= 0.6 is 11.8 Å². The quantitative estimate of drug-likeness (QED) is 0.291. The maximum Gasteiger partial charge on any atom is 0.234 e. The number of nitrogens with zero attached hydrogens (tertiary/aromatic N) is 3. The summed E-state index contributed by atoms with van der Waals surface area (Å²) in [6.07, 6.45) is 0. The summed E-state index contributed by atoms with van der Waals surface area (Å²) in [6.45, 7) is 8.32. The van der Waals surface area contributed by atoms with E-state index in [2.05, 4.69) is 54.5 Å². The fourth-order valence-corrected chi connectivity index (χ4v) is 4.70. The molecule has 180 valence electrons. The Balaban J connectivity index is 1.62. The van der Waals surface area contributed by atoms with E-state index in [0.717, 1.165) is 45.2 Å². The lowest BCUT2D eigenvalue weighted by Gasteiger charge is -2.16. The highest BCUT2D eigenvalue weighted by Crippen LogP contribution is 2.31. The van der Waals surface area contributed by atoms with E-state index in [1.807, 2.05) is 60.0 Å². The van der Waals surface area contributed by atoms with Gasteiger partial charge in [0.1, 0.15) is 5.75 Å². The number of benzene rings is 3. The second-order valence-corrected chi connectivity index (χ2v) is 9.68. The highest BCUT2D eigenvalue weighted by atomic mass is 32.2. The van der Waals surface area contributed by atoms with Crippen LogP contribution in [0.4, 0.5) is 5.69 Å². The van der Waals surface area contributed by atoms with Crippen LogP contribution in [-0.4, -0.2) is 33.5 Å². The maximum atomic E-state index is 13.0. The molecule has 35 heavy (non-hydrogen) atoms. The largest absolute Gasteiger partial charge is 0.497 e. The molecule has 0 radical (unpaired) electrons. The number of thioether (sulfide) groups is 1. The van der Waals surface area contributed by atoms with Crippen molar-refractivity contribution in [2.75, 3.05) is 18.2 Å². The molecule has 3 aromatic carbocycles. The number of aromatic nitrogens is 3. The lowest BCUT2D eigenvalue weighted by molar-refractivity contribution is -0.113. The lowest BCUT2D eigenvalue weighted by atomic mass is 9.98. The van der Waals surface area contributed by atoms with Crippen LogP contribution in [0.25, 0.3) is 17.1 Å². The van der Waals surface area contributed by atoms with E-state index in [1.54, 1.807) is 7.11 Å². The summed E-state index contributed by atoms with van der Waals surface area (Å²) in [5, 5.41) is 12.7. The smallest absolute Gasteiger partial charge is 0.234 e. The number of rotatable bonds is 8. The third-order valence-corrected chi connectivity index (χ3v) is 6.69. The molecule has 0 saturated heterocycles. The molecule has 4 rings (SSSR count). The minimum atomic E-state index is -0.0763. The Kier molecular flexibility index (Phi) is 7.56. The molecule has 1 heterocycles. The summed E-state index contributed by atoms with van der Waals surface area (Å²) >= 11 is 1.37. The minimum Gasteiger partial charge on any atom is -0.497 e. The average molecular weight is 487 g/mol. The minimum absolute atomic E-state index is 0.0763. The Labute approximate surface area is 210 Å². The van der Waals surface area contributed by atoms with Crippen LogP contribution < -0.4 is 10.1 Å². The third kappa shape index (κ3) is 5.57. The number of para-hydroxylation sites is 1. The van der Waals surface area contributed by atoms with E-state index in [-0.39, 0.29) is 11.7 Å². The molecule has 1 N–H and O–H groups in total. The molecule has 0 atom stereocenters. The number of nitrogens with one attached hydrogen (secondary N) is 1. The van der Waals surface area contributed by atoms with Crippen molar-refractivity contribution in [2.45, 2.75) is 38.8 Å². The molecule has 0 spiro atoms. The molecular weight excluding hydrogens is 456 g/mol. The van der Waals surface area contributed by atoms with Gasteiger partial charge >= 0.3 is 0 Å². The van der Waals surface area contributed by atoms with Crippen molar-refractivity contribution >= 4 is 23.4 Å². The van der Waals surface area contributed by atoms with Crippen molar-refractivity contribution in [1.82, 2.24) is 14.8 Å². The number of carbonyl (C=O) groups is 1. The Morgan fingerprint density at radius 2 is 1.77 bits per heavy atom. The predicted molar refractivity (Wildman–Crippen MR) is 143 cm³/mol. The molecule has 4 aromatic rings. The zero-order valence-electron chi connectivity index (χ0n) is 20.7. The number of carbonyl (C=O) groups excluding carboxylic acids is 1. The summed E-state index contributed by atoms with van der Waals surface area (Å²) in [4.78, 5) is 13.0. The van der Waals surface area contributed by atoms with Crippen LogP contribution in [0.1, 0.15) is 36.5 Å². The Bertz CT molecular complexity index is 1330. The molecule has 0 aliphatic carbocycles. The van der Waals surface area contributed by atoms with Gasteiger partial charge in [-0.15, -0.1) is 10.2 Å². The van der Waals surface area contributed by atoms with Crippen LogP contribution in [-0.2, 0) is 4.79 Å². The van der Waals surface area contributed by atoms with Crippen LogP contribution in [0.5, 0.6) is 5.75 Å². The van der Waals surface area contributed by atoms with Gasteiger partial charge in [-0.05, 0) is 61.2 Å². The Morgan fingerprint density at radius 1 is 1.03 bits per heavy atom. The second-order valence-electron chi connectivity index (χ2n) is 8.74. The fraction of sp³-hybridized carbons (Fsp3) is 0.250. The van der Waals surface area contributed by atoms with E-state index >= 15 is 0 Å². The molecule has 0 aliphatic rings. The van der Waals surface area contributed by atoms with Gasteiger partial charge in [-0.2, -0.15) is 0 Å².